The maximum atomic E-state index is 12.4. The summed E-state index contributed by atoms with van der Waals surface area (Å²) in [5.41, 5.74) is 5.78. The van der Waals surface area contributed by atoms with E-state index in [4.69, 9.17) is 4.74 Å². The Morgan fingerprint density at radius 1 is 1.19 bits per heavy atom. The molecule has 0 fully saturated rings. The van der Waals surface area contributed by atoms with Gasteiger partial charge in [-0.15, -0.1) is 0 Å². The van der Waals surface area contributed by atoms with Crippen LogP contribution in [0.1, 0.15) is 41.4 Å². The predicted molar refractivity (Wildman–Crippen MR) is 102 cm³/mol. The molecule has 140 valence electrons. The summed E-state index contributed by atoms with van der Waals surface area (Å²) < 4.78 is 4.84. The normalized spacial score (nSPS) is 11.8. The molecule has 1 aromatic heterocycles. The van der Waals surface area contributed by atoms with Crippen LogP contribution in [0.15, 0.2) is 30.3 Å². The van der Waals surface area contributed by atoms with Crippen molar-refractivity contribution in [1.82, 2.24) is 10.3 Å². The van der Waals surface area contributed by atoms with E-state index in [9.17, 15) is 9.59 Å². The molecular formula is C21H28N2O3. The van der Waals surface area contributed by atoms with Crippen molar-refractivity contribution in [2.24, 2.45) is 0 Å². The van der Waals surface area contributed by atoms with E-state index in [0.717, 1.165) is 23.4 Å². The van der Waals surface area contributed by atoms with E-state index in [1.807, 2.05) is 30.3 Å². The van der Waals surface area contributed by atoms with E-state index in [0.29, 0.717) is 19.3 Å². The quantitative estimate of drug-likeness (QED) is 0.714. The molecule has 1 aromatic carbocycles. The number of carbonyl (C=O) groups is 2. The lowest BCUT2D eigenvalue weighted by atomic mass is 10.0. The van der Waals surface area contributed by atoms with Crippen LogP contribution < -0.4 is 5.32 Å². The fourth-order valence-electron chi connectivity index (χ4n) is 3.33. The van der Waals surface area contributed by atoms with Crippen LogP contribution in [0, 0.1) is 13.8 Å². The van der Waals surface area contributed by atoms with Crippen molar-refractivity contribution < 1.29 is 14.3 Å². The molecule has 2 aromatic rings. The fraction of sp³-hybridized carbons (Fsp3) is 0.429. The number of aromatic nitrogens is 1. The minimum absolute atomic E-state index is 0.152. The smallest absolute Gasteiger partial charge is 0.328 e. The number of amides is 1. The van der Waals surface area contributed by atoms with Gasteiger partial charge in [0.2, 0.25) is 5.91 Å². The maximum Gasteiger partial charge on any atom is 0.328 e. The van der Waals surface area contributed by atoms with Crippen molar-refractivity contribution in [2.75, 3.05) is 7.11 Å². The highest BCUT2D eigenvalue weighted by molar-refractivity contribution is 5.84. The molecule has 5 nitrogen and oxygen atoms in total. The molecule has 0 unspecified atom stereocenters. The van der Waals surface area contributed by atoms with Crippen LogP contribution in [0.5, 0.6) is 0 Å². The number of benzene rings is 1. The van der Waals surface area contributed by atoms with Crippen molar-refractivity contribution in [3.63, 3.8) is 0 Å². The van der Waals surface area contributed by atoms with Crippen LogP contribution in [0.4, 0.5) is 0 Å². The third-order valence-corrected chi connectivity index (χ3v) is 4.76. The zero-order chi connectivity index (χ0) is 19.1. The summed E-state index contributed by atoms with van der Waals surface area (Å²) in [6.07, 6.45) is 2.34. The van der Waals surface area contributed by atoms with Gasteiger partial charge in [0.15, 0.2) is 0 Å². The predicted octanol–water partition coefficient (Wildman–Crippen LogP) is 3.03. The number of aromatic amines is 1. The Bertz CT molecular complexity index is 750. The topological polar surface area (TPSA) is 71.2 Å². The molecule has 0 aliphatic carbocycles. The Kier molecular flexibility index (Phi) is 7.01. The second kappa shape index (κ2) is 9.22. The molecular weight excluding hydrogens is 328 g/mol. The largest absolute Gasteiger partial charge is 0.467 e. The Morgan fingerprint density at radius 3 is 2.46 bits per heavy atom. The van der Waals surface area contributed by atoms with E-state index >= 15 is 0 Å². The second-order valence-electron chi connectivity index (χ2n) is 6.52. The monoisotopic (exact) mass is 356 g/mol. The van der Waals surface area contributed by atoms with Crippen LogP contribution in [-0.4, -0.2) is 30.0 Å². The van der Waals surface area contributed by atoms with Crippen LogP contribution in [0.2, 0.25) is 0 Å². The van der Waals surface area contributed by atoms with Crippen LogP contribution >= 0.6 is 0 Å². The van der Waals surface area contributed by atoms with Gasteiger partial charge in [-0.25, -0.2) is 4.79 Å². The highest BCUT2D eigenvalue weighted by Gasteiger charge is 2.22. The molecule has 0 bridgehead atoms. The summed E-state index contributed by atoms with van der Waals surface area (Å²) in [6, 6.07) is 8.92. The molecule has 2 N–H and O–H groups in total. The van der Waals surface area contributed by atoms with E-state index in [1.165, 1.54) is 18.2 Å². The third kappa shape index (κ3) is 4.97. The summed E-state index contributed by atoms with van der Waals surface area (Å²) in [7, 11) is 1.34. The summed E-state index contributed by atoms with van der Waals surface area (Å²) in [6.45, 7) is 6.27. The minimum Gasteiger partial charge on any atom is -0.467 e. The number of rotatable bonds is 8. The van der Waals surface area contributed by atoms with Gasteiger partial charge in [-0.3, -0.25) is 4.79 Å². The molecule has 0 aliphatic heterocycles. The number of carbonyl (C=O) groups excluding carboxylic acids is 2. The fourth-order valence-corrected chi connectivity index (χ4v) is 3.33. The number of ether oxygens (including phenoxy) is 1. The van der Waals surface area contributed by atoms with Gasteiger partial charge in [-0.05, 0) is 43.4 Å². The van der Waals surface area contributed by atoms with Crippen molar-refractivity contribution in [2.45, 2.75) is 52.5 Å². The first-order chi connectivity index (χ1) is 12.5. The molecule has 0 saturated heterocycles. The van der Waals surface area contributed by atoms with Gasteiger partial charge in [0.25, 0.3) is 0 Å². The Morgan fingerprint density at radius 2 is 1.88 bits per heavy atom. The zero-order valence-corrected chi connectivity index (χ0v) is 16.0. The number of hydrogen-bond acceptors (Lipinski definition) is 3. The first-order valence-electron chi connectivity index (χ1n) is 9.04. The van der Waals surface area contributed by atoms with Crippen molar-refractivity contribution in [3.05, 3.63) is 58.4 Å². The lowest BCUT2D eigenvalue weighted by Crippen LogP contribution is -2.43. The minimum atomic E-state index is -0.674. The number of esters is 1. The highest BCUT2D eigenvalue weighted by Crippen LogP contribution is 2.19. The van der Waals surface area contributed by atoms with Crippen molar-refractivity contribution in [1.29, 1.82) is 0 Å². The molecule has 0 spiro atoms. The van der Waals surface area contributed by atoms with Crippen molar-refractivity contribution >= 4 is 11.9 Å². The molecule has 26 heavy (non-hydrogen) atoms. The van der Waals surface area contributed by atoms with E-state index < -0.39 is 12.0 Å². The van der Waals surface area contributed by atoms with Crippen LogP contribution in [-0.2, 0) is 33.6 Å². The Hall–Kier alpha value is -2.56. The van der Waals surface area contributed by atoms with Crippen LogP contribution in [0.3, 0.4) is 0 Å². The number of H-pyrrole nitrogens is 1. The molecule has 1 amide bonds. The lowest BCUT2D eigenvalue weighted by molar-refractivity contribution is -0.145. The number of nitrogens with one attached hydrogen (secondary N) is 2. The Balaban J connectivity index is 1.98. The first-order valence-corrected chi connectivity index (χ1v) is 9.04. The third-order valence-electron chi connectivity index (χ3n) is 4.76. The second-order valence-corrected chi connectivity index (χ2v) is 6.52. The lowest BCUT2D eigenvalue weighted by Gasteiger charge is -2.16. The van der Waals surface area contributed by atoms with E-state index in [2.05, 4.69) is 31.1 Å². The summed E-state index contributed by atoms with van der Waals surface area (Å²) in [5.74, 6) is -0.580. The van der Waals surface area contributed by atoms with Gasteiger partial charge in [0, 0.05) is 24.2 Å². The average molecular weight is 356 g/mol. The van der Waals surface area contributed by atoms with Gasteiger partial charge in [0.1, 0.15) is 6.04 Å². The molecule has 1 heterocycles. The summed E-state index contributed by atoms with van der Waals surface area (Å²) in [5, 5.41) is 2.81. The molecule has 0 aliphatic rings. The van der Waals surface area contributed by atoms with Gasteiger partial charge in [-0.2, -0.15) is 0 Å². The van der Waals surface area contributed by atoms with Gasteiger partial charge in [-0.1, -0.05) is 37.3 Å². The molecule has 0 radical (unpaired) electrons. The average Bonchev–Trinajstić information content (AvgIpc) is 2.92. The summed E-state index contributed by atoms with van der Waals surface area (Å²) in [4.78, 5) is 27.8. The molecule has 5 heteroatoms. The standard InChI is InChI=1S/C21H28N2O3/c1-5-17-14(2)18(22-15(17)3)11-12-20(24)23-19(21(25)26-4)13-16-9-7-6-8-10-16/h6-10,19,22H,5,11-13H2,1-4H3,(H,23,24)/t19-/m0/s1. The maximum absolute atomic E-state index is 12.4. The summed E-state index contributed by atoms with van der Waals surface area (Å²) >= 11 is 0. The van der Waals surface area contributed by atoms with Crippen molar-refractivity contribution in [3.8, 4) is 0 Å². The molecule has 2 rings (SSSR count). The molecule has 1 atom stereocenters. The van der Waals surface area contributed by atoms with Crippen LogP contribution in [0.25, 0.3) is 0 Å². The number of hydrogen-bond donors (Lipinski definition) is 2. The molecule has 0 saturated carbocycles. The van der Waals surface area contributed by atoms with Gasteiger partial charge in [0.05, 0.1) is 7.11 Å². The SMILES string of the molecule is CCc1c(C)[nH]c(CCC(=O)N[C@@H](Cc2ccccc2)C(=O)OC)c1C. The highest BCUT2D eigenvalue weighted by atomic mass is 16.5. The van der Waals surface area contributed by atoms with Gasteiger partial charge < -0.3 is 15.0 Å². The first kappa shape index (κ1) is 19.8. The van der Waals surface area contributed by atoms with E-state index in [1.54, 1.807) is 0 Å². The van der Waals surface area contributed by atoms with Gasteiger partial charge >= 0.3 is 5.97 Å². The Labute approximate surface area is 155 Å². The van der Waals surface area contributed by atoms with E-state index in [-0.39, 0.29) is 5.91 Å². The number of methoxy groups -OCH3 is 1. The number of aryl methyl sites for hydroxylation is 2. The zero-order valence-electron chi connectivity index (χ0n) is 16.0.